The van der Waals surface area contributed by atoms with Gasteiger partial charge in [0.05, 0.1) is 24.0 Å². The van der Waals surface area contributed by atoms with Gasteiger partial charge < -0.3 is 9.64 Å². The molecule has 1 amide bonds. The summed E-state index contributed by atoms with van der Waals surface area (Å²) in [5.41, 5.74) is 3.59. The van der Waals surface area contributed by atoms with E-state index in [2.05, 4.69) is 22.1 Å². The first-order chi connectivity index (χ1) is 15.6. The number of rotatable bonds is 7. The zero-order valence-corrected chi connectivity index (χ0v) is 18.8. The number of hydrogen-bond donors (Lipinski definition) is 0. The van der Waals surface area contributed by atoms with Gasteiger partial charge in [-0.15, -0.1) is 0 Å². The average Bonchev–Trinajstić information content (AvgIpc) is 2.84. The lowest BCUT2D eigenvalue weighted by molar-refractivity contribution is -0.139. The van der Waals surface area contributed by atoms with E-state index in [4.69, 9.17) is 9.72 Å². The molecule has 2 atom stereocenters. The van der Waals surface area contributed by atoms with E-state index >= 15 is 0 Å². The molecule has 1 saturated carbocycles. The summed E-state index contributed by atoms with van der Waals surface area (Å²) < 4.78 is 5.58. The van der Waals surface area contributed by atoms with Crippen molar-refractivity contribution >= 4 is 5.91 Å². The highest BCUT2D eigenvalue weighted by Gasteiger charge is 2.31. The number of benzene rings is 1. The van der Waals surface area contributed by atoms with E-state index < -0.39 is 0 Å². The monoisotopic (exact) mass is 430 g/mol. The summed E-state index contributed by atoms with van der Waals surface area (Å²) in [6, 6.07) is 15.9. The number of amides is 1. The minimum absolute atomic E-state index is 0.0290. The molecule has 1 fully saturated rings. The Balaban J connectivity index is 1.65. The van der Waals surface area contributed by atoms with E-state index in [1.807, 2.05) is 54.4 Å². The maximum absolute atomic E-state index is 13.7. The molecule has 6 heteroatoms. The summed E-state index contributed by atoms with van der Waals surface area (Å²) in [6.45, 7) is 2.83. The molecule has 1 aromatic carbocycles. The second kappa shape index (κ2) is 10.5. The summed E-state index contributed by atoms with van der Waals surface area (Å²) in [7, 11) is 1.74. The number of hydrogen-bond acceptors (Lipinski definition) is 5. The van der Waals surface area contributed by atoms with Crippen LogP contribution >= 0.6 is 0 Å². The predicted molar refractivity (Wildman–Crippen MR) is 123 cm³/mol. The predicted octanol–water partition coefficient (Wildman–Crippen LogP) is 4.58. The fourth-order valence-electron chi connectivity index (χ4n) is 4.41. The van der Waals surface area contributed by atoms with Crippen molar-refractivity contribution in [1.29, 1.82) is 0 Å². The van der Waals surface area contributed by atoms with Crippen LogP contribution in [0.4, 0.5) is 0 Å². The number of aryl methyl sites for hydroxylation is 1. The highest BCUT2D eigenvalue weighted by Crippen LogP contribution is 2.29. The Morgan fingerprint density at radius 3 is 2.62 bits per heavy atom. The molecule has 2 unspecified atom stereocenters. The van der Waals surface area contributed by atoms with Crippen LogP contribution in [0.15, 0.2) is 60.9 Å². The second-order valence-electron chi connectivity index (χ2n) is 8.39. The quantitative estimate of drug-likeness (QED) is 0.549. The van der Waals surface area contributed by atoms with Crippen LogP contribution < -0.4 is 0 Å². The lowest BCUT2D eigenvalue weighted by atomic mass is 9.86. The number of carbonyl (C=O) groups is 1. The summed E-state index contributed by atoms with van der Waals surface area (Å²) in [5, 5.41) is 0. The number of aromatic nitrogens is 3. The van der Waals surface area contributed by atoms with Crippen molar-refractivity contribution in [2.45, 2.75) is 51.8 Å². The van der Waals surface area contributed by atoms with Crippen LogP contribution in [0, 0.1) is 12.8 Å². The number of methoxy groups -OCH3 is 1. The van der Waals surface area contributed by atoms with Crippen molar-refractivity contribution in [3.8, 4) is 11.3 Å². The Hall–Kier alpha value is -3.12. The molecule has 6 nitrogen and oxygen atoms in total. The zero-order chi connectivity index (χ0) is 22.3. The molecule has 32 heavy (non-hydrogen) atoms. The number of carbonyl (C=O) groups excluding carboxylic acids is 1. The summed E-state index contributed by atoms with van der Waals surface area (Å²) in [5.74, 6) is 0.821. The van der Waals surface area contributed by atoms with Gasteiger partial charge in [0, 0.05) is 37.5 Å². The summed E-state index contributed by atoms with van der Waals surface area (Å²) in [4.78, 5) is 29.2. The largest absolute Gasteiger partial charge is 0.381 e. The lowest BCUT2D eigenvalue weighted by Gasteiger charge is -2.32. The number of nitrogens with zero attached hydrogens (tertiary/aromatic N) is 4. The smallest absolute Gasteiger partial charge is 0.226 e. The molecule has 0 spiro atoms. The van der Waals surface area contributed by atoms with E-state index in [-0.39, 0.29) is 17.9 Å². The molecule has 2 aromatic heterocycles. The highest BCUT2D eigenvalue weighted by molar-refractivity contribution is 5.79. The standard InChI is InChI=1S/C26H30N4O2/c1-19-28-16-23(24-13-6-7-14-27-24)25(29-19)18-30(17-20-9-4-3-5-10-20)26(31)21-11-8-12-22(15-21)32-2/h3-7,9-10,13-14,16,21-22H,8,11-12,15,17-18H2,1-2H3. The van der Waals surface area contributed by atoms with Crippen molar-refractivity contribution < 1.29 is 9.53 Å². The molecule has 0 aliphatic heterocycles. The van der Waals surface area contributed by atoms with Crippen molar-refractivity contribution in [3.05, 3.63) is 78.0 Å². The molecule has 0 N–H and O–H groups in total. The van der Waals surface area contributed by atoms with Crippen LogP contribution in [0.1, 0.15) is 42.8 Å². The molecule has 0 saturated heterocycles. The van der Waals surface area contributed by atoms with E-state index in [0.29, 0.717) is 18.9 Å². The lowest BCUT2D eigenvalue weighted by Crippen LogP contribution is -2.39. The van der Waals surface area contributed by atoms with E-state index in [0.717, 1.165) is 48.2 Å². The van der Waals surface area contributed by atoms with Crippen molar-refractivity contribution in [2.24, 2.45) is 5.92 Å². The van der Waals surface area contributed by atoms with Crippen LogP contribution in [0.2, 0.25) is 0 Å². The molecule has 166 valence electrons. The van der Waals surface area contributed by atoms with E-state index in [1.165, 1.54) is 0 Å². The molecule has 0 radical (unpaired) electrons. The van der Waals surface area contributed by atoms with Crippen molar-refractivity contribution in [1.82, 2.24) is 19.9 Å². The number of pyridine rings is 1. The van der Waals surface area contributed by atoms with Crippen LogP contribution in [0.3, 0.4) is 0 Å². The first-order valence-corrected chi connectivity index (χ1v) is 11.2. The second-order valence-corrected chi connectivity index (χ2v) is 8.39. The molecule has 0 bridgehead atoms. The SMILES string of the molecule is COC1CCCC(C(=O)N(Cc2ccccc2)Cc2nc(C)ncc2-c2ccccn2)C1. The third kappa shape index (κ3) is 5.37. The van der Waals surface area contributed by atoms with Crippen LogP contribution in [0.5, 0.6) is 0 Å². The minimum atomic E-state index is -0.0290. The van der Waals surface area contributed by atoms with Gasteiger partial charge in [0.2, 0.25) is 5.91 Å². The number of ether oxygens (including phenoxy) is 1. The fraction of sp³-hybridized carbons (Fsp3) is 0.385. The van der Waals surface area contributed by atoms with Crippen LogP contribution in [0.25, 0.3) is 11.3 Å². The Morgan fingerprint density at radius 2 is 1.88 bits per heavy atom. The van der Waals surface area contributed by atoms with Gasteiger partial charge in [-0.25, -0.2) is 9.97 Å². The van der Waals surface area contributed by atoms with Crippen LogP contribution in [-0.2, 0) is 22.6 Å². The van der Waals surface area contributed by atoms with Crippen molar-refractivity contribution in [2.75, 3.05) is 7.11 Å². The Morgan fingerprint density at radius 1 is 1.06 bits per heavy atom. The molecular weight excluding hydrogens is 400 g/mol. The molecule has 2 heterocycles. The molecule has 3 aromatic rings. The maximum Gasteiger partial charge on any atom is 0.226 e. The van der Waals surface area contributed by atoms with Gasteiger partial charge in [-0.2, -0.15) is 0 Å². The third-order valence-corrected chi connectivity index (χ3v) is 6.11. The molecule has 4 rings (SSSR count). The van der Waals surface area contributed by atoms with Crippen LogP contribution in [-0.4, -0.2) is 39.0 Å². The first kappa shape index (κ1) is 22.1. The Kier molecular flexibility index (Phi) is 7.22. The summed E-state index contributed by atoms with van der Waals surface area (Å²) >= 11 is 0. The van der Waals surface area contributed by atoms with Gasteiger partial charge in [0.15, 0.2) is 0 Å². The normalized spacial score (nSPS) is 18.3. The van der Waals surface area contributed by atoms with E-state index in [9.17, 15) is 4.79 Å². The average molecular weight is 431 g/mol. The van der Waals surface area contributed by atoms with Gasteiger partial charge >= 0.3 is 0 Å². The van der Waals surface area contributed by atoms with Gasteiger partial charge in [-0.05, 0) is 43.9 Å². The maximum atomic E-state index is 13.7. The molecule has 1 aliphatic rings. The van der Waals surface area contributed by atoms with Gasteiger partial charge in [0.1, 0.15) is 5.82 Å². The zero-order valence-electron chi connectivity index (χ0n) is 18.8. The van der Waals surface area contributed by atoms with Gasteiger partial charge in [-0.3, -0.25) is 9.78 Å². The van der Waals surface area contributed by atoms with Gasteiger partial charge in [-0.1, -0.05) is 42.8 Å². The van der Waals surface area contributed by atoms with Crippen molar-refractivity contribution in [3.63, 3.8) is 0 Å². The Bertz CT molecular complexity index is 1030. The fourth-order valence-corrected chi connectivity index (χ4v) is 4.41. The first-order valence-electron chi connectivity index (χ1n) is 11.2. The Labute approximate surface area is 189 Å². The minimum Gasteiger partial charge on any atom is -0.381 e. The highest BCUT2D eigenvalue weighted by atomic mass is 16.5. The summed E-state index contributed by atoms with van der Waals surface area (Å²) in [6.07, 6.45) is 7.44. The third-order valence-electron chi connectivity index (χ3n) is 6.11. The molecular formula is C26H30N4O2. The van der Waals surface area contributed by atoms with Gasteiger partial charge in [0.25, 0.3) is 0 Å². The topological polar surface area (TPSA) is 68.2 Å². The van der Waals surface area contributed by atoms with E-state index in [1.54, 1.807) is 13.3 Å². The molecule has 1 aliphatic carbocycles.